The van der Waals surface area contributed by atoms with Gasteiger partial charge in [0.05, 0.1) is 10.7 Å². The maximum Gasteiger partial charge on any atom is 0.0962 e. The highest BCUT2D eigenvalue weighted by Crippen LogP contribution is 2.34. The minimum absolute atomic E-state index is 0.548. The molecule has 1 fully saturated rings. The first-order valence-corrected chi connectivity index (χ1v) is 8.68. The van der Waals surface area contributed by atoms with E-state index in [1.54, 1.807) is 0 Å². The molecule has 0 atom stereocenters. The van der Waals surface area contributed by atoms with Gasteiger partial charge in [-0.15, -0.1) is 11.3 Å². The Balaban J connectivity index is 2.00. The SMILES string of the molecule is Cc1nc(C2CCCCCCC2)sc1CNC(C)C. The van der Waals surface area contributed by atoms with Crippen LogP contribution in [0.5, 0.6) is 0 Å². The van der Waals surface area contributed by atoms with E-state index in [0.717, 1.165) is 12.5 Å². The molecule has 1 aromatic rings. The van der Waals surface area contributed by atoms with Gasteiger partial charge in [-0.2, -0.15) is 0 Å². The van der Waals surface area contributed by atoms with Gasteiger partial charge in [0.1, 0.15) is 0 Å². The van der Waals surface area contributed by atoms with Crippen molar-refractivity contribution in [1.82, 2.24) is 10.3 Å². The van der Waals surface area contributed by atoms with Crippen molar-refractivity contribution >= 4 is 11.3 Å². The van der Waals surface area contributed by atoms with E-state index in [-0.39, 0.29) is 0 Å². The van der Waals surface area contributed by atoms with Crippen LogP contribution in [0.15, 0.2) is 0 Å². The first kappa shape index (κ1) is 15.0. The summed E-state index contributed by atoms with van der Waals surface area (Å²) in [5, 5.41) is 4.91. The first-order chi connectivity index (χ1) is 9.16. The second kappa shape index (κ2) is 7.39. The third-order valence-electron chi connectivity index (χ3n) is 4.03. The Morgan fingerprint density at radius 1 is 1.16 bits per heavy atom. The molecular formula is C16H28N2S. The molecule has 2 rings (SSSR count). The van der Waals surface area contributed by atoms with Crippen molar-refractivity contribution in [1.29, 1.82) is 0 Å². The lowest BCUT2D eigenvalue weighted by atomic mass is 9.92. The summed E-state index contributed by atoms with van der Waals surface area (Å²) in [6, 6.07) is 0.548. The highest BCUT2D eigenvalue weighted by atomic mass is 32.1. The Bertz CT molecular complexity index is 376. The smallest absolute Gasteiger partial charge is 0.0962 e. The van der Waals surface area contributed by atoms with E-state index in [4.69, 9.17) is 4.98 Å². The van der Waals surface area contributed by atoms with Crippen LogP contribution in [0.3, 0.4) is 0 Å². The summed E-state index contributed by atoms with van der Waals surface area (Å²) in [6.45, 7) is 7.55. The van der Waals surface area contributed by atoms with Gasteiger partial charge < -0.3 is 5.32 Å². The van der Waals surface area contributed by atoms with Crippen molar-refractivity contribution in [3.05, 3.63) is 15.6 Å². The standard InChI is InChI=1S/C16H28N2S/c1-12(2)17-11-15-13(3)18-16(19-15)14-9-7-5-4-6-8-10-14/h12,14,17H,4-11H2,1-3H3. The molecule has 1 aliphatic carbocycles. The molecule has 1 heterocycles. The van der Waals surface area contributed by atoms with Crippen LogP contribution in [0.25, 0.3) is 0 Å². The van der Waals surface area contributed by atoms with Crippen molar-refractivity contribution in [2.75, 3.05) is 0 Å². The molecule has 0 radical (unpaired) electrons. The van der Waals surface area contributed by atoms with Crippen LogP contribution in [0.1, 0.15) is 80.3 Å². The number of nitrogens with one attached hydrogen (secondary N) is 1. The summed E-state index contributed by atoms with van der Waals surface area (Å²) in [5.41, 5.74) is 1.25. The van der Waals surface area contributed by atoms with Crippen LogP contribution in [0.2, 0.25) is 0 Å². The molecule has 108 valence electrons. The summed E-state index contributed by atoms with van der Waals surface area (Å²) < 4.78 is 0. The Hall–Kier alpha value is -0.410. The second-order valence-electron chi connectivity index (χ2n) is 6.14. The molecule has 1 aromatic heterocycles. The molecule has 0 amide bonds. The molecule has 1 N–H and O–H groups in total. The zero-order valence-electron chi connectivity index (χ0n) is 12.7. The van der Waals surface area contributed by atoms with E-state index in [9.17, 15) is 0 Å². The highest BCUT2D eigenvalue weighted by molar-refractivity contribution is 7.11. The first-order valence-electron chi connectivity index (χ1n) is 7.86. The van der Waals surface area contributed by atoms with Crippen LogP contribution < -0.4 is 5.32 Å². The number of rotatable bonds is 4. The molecule has 0 saturated heterocycles. The van der Waals surface area contributed by atoms with Crippen molar-refractivity contribution in [3.63, 3.8) is 0 Å². The minimum Gasteiger partial charge on any atom is -0.310 e. The van der Waals surface area contributed by atoms with E-state index >= 15 is 0 Å². The summed E-state index contributed by atoms with van der Waals surface area (Å²) in [5.74, 6) is 0.733. The van der Waals surface area contributed by atoms with Crippen LogP contribution in [-0.2, 0) is 6.54 Å². The van der Waals surface area contributed by atoms with Crippen LogP contribution in [0.4, 0.5) is 0 Å². The molecule has 0 bridgehead atoms. The fourth-order valence-corrected chi connectivity index (χ4v) is 3.98. The molecule has 0 unspecified atom stereocenters. The molecular weight excluding hydrogens is 252 g/mol. The van der Waals surface area contributed by atoms with E-state index in [2.05, 4.69) is 26.1 Å². The van der Waals surface area contributed by atoms with Crippen LogP contribution >= 0.6 is 11.3 Å². The molecule has 0 spiro atoms. The zero-order chi connectivity index (χ0) is 13.7. The monoisotopic (exact) mass is 280 g/mol. The Morgan fingerprint density at radius 3 is 2.42 bits per heavy atom. The molecule has 1 saturated carbocycles. The predicted octanol–water partition coefficient (Wildman–Crippen LogP) is 4.78. The van der Waals surface area contributed by atoms with E-state index in [1.807, 2.05) is 11.3 Å². The average Bonchev–Trinajstić information content (AvgIpc) is 2.67. The van der Waals surface area contributed by atoms with Crippen LogP contribution in [-0.4, -0.2) is 11.0 Å². The van der Waals surface area contributed by atoms with Gasteiger partial charge in [0, 0.05) is 23.4 Å². The van der Waals surface area contributed by atoms with Crippen molar-refractivity contribution in [2.45, 2.75) is 84.2 Å². The van der Waals surface area contributed by atoms with Gasteiger partial charge in [0.2, 0.25) is 0 Å². The van der Waals surface area contributed by atoms with Gasteiger partial charge in [0.25, 0.3) is 0 Å². The molecule has 0 aliphatic heterocycles. The molecule has 2 nitrogen and oxygen atoms in total. The summed E-state index contributed by atoms with van der Waals surface area (Å²) >= 11 is 1.95. The second-order valence-corrected chi connectivity index (χ2v) is 7.25. The number of nitrogens with zero attached hydrogens (tertiary/aromatic N) is 1. The Morgan fingerprint density at radius 2 is 1.79 bits per heavy atom. The largest absolute Gasteiger partial charge is 0.310 e. The summed E-state index contributed by atoms with van der Waals surface area (Å²) in [4.78, 5) is 6.30. The highest BCUT2D eigenvalue weighted by Gasteiger charge is 2.18. The van der Waals surface area contributed by atoms with Gasteiger partial charge in [-0.3, -0.25) is 0 Å². The number of hydrogen-bond donors (Lipinski definition) is 1. The van der Waals surface area contributed by atoms with Gasteiger partial charge in [-0.1, -0.05) is 46.0 Å². The van der Waals surface area contributed by atoms with Gasteiger partial charge >= 0.3 is 0 Å². The maximum atomic E-state index is 4.86. The van der Waals surface area contributed by atoms with E-state index in [0.29, 0.717) is 6.04 Å². The van der Waals surface area contributed by atoms with Crippen LogP contribution in [0, 0.1) is 6.92 Å². The van der Waals surface area contributed by atoms with E-state index in [1.165, 1.54) is 60.5 Å². The molecule has 3 heteroatoms. The Labute approximate surface area is 122 Å². The fraction of sp³-hybridized carbons (Fsp3) is 0.812. The summed E-state index contributed by atoms with van der Waals surface area (Å²) in [7, 11) is 0. The number of aryl methyl sites for hydroxylation is 1. The quantitative estimate of drug-likeness (QED) is 0.858. The van der Waals surface area contributed by atoms with Crippen molar-refractivity contribution in [3.8, 4) is 0 Å². The lowest BCUT2D eigenvalue weighted by Crippen LogP contribution is -2.21. The number of thiazole rings is 1. The van der Waals surface area contributed by atoms with Crippen molar-refractivity contribution < 1.29 is 0 Å². The number of hydrogen-bond acceptors (Lipinski definition) is 3. The van der Waals surface area contributed by atoms with Gasteiger partial charge in [0.15, 0.2) is 0 Å². The van der Waals surface area contributed by atoms with Gasteiger partial charge in [-0.25, -0.2) is 4.98 Å². The lowest BCUT2D eigenvalue weighted by molar-refractivity contribution is 0.454. The lowest BCUT2D eigenvalue weighted by Gasteiger charge is -2.17. The fourth-order valence-electron chi connectivity index (χ4n) is 2.79. The van der Waals surface area contributed by atoms with Gasteiger partial charge in [-0.05, 0) is 19.8 Å². The maximum absolute atomic E-state index is 4.86. The number of aromatic nitrogens is 1. The summed E-state index contributed by atoms with van der Waals surface area (Å²) in [6.07, 6.45) is 9.76. The van der Waals surface area contributed by atoms with E-state index < -0.39 is 0 Å². The average molecular weight is 280 g/mol. The predicted molar refractivity (Wildman–Crippen MR) is 83.9 cm³/mol. The molecule has 1 aliphatic rings. The third kappa shape index (κ3) is 4.57. The van der Waals surface area contributed by atoms with Crippen molar-refractivity contribution in [2.24, 2.45) is 0 Å². The minimum atomic E-state index is 0.548. The third-order valence-corrected chi connectivity index (χ3v) is 5.35. The Kier molecular flexibility index (Phi) is 5.83. The topological polar surface area (TPSA) is 24.9 Å². The normalized spacial score (nSPS) is 18.5. The molecule has 19 heavy (non-hydrogen) atoms. The zero-order valence-corrected chi connectivity index (χ0v) is 13.5. The molecule has 0 aromatic carbocycles.